The summed E-state index contributed by atoms with van der Waals surface area (Å²) >= 11 is 0. The molecule has 0 spiro atoms. The number of H-pyrrole nitrogens is 1. The molecule has 5 N–H and O–H groups in total. The predicted octanol–water partition coefficient (Wildman–Crippen LogP) is 1.47. The smallest absolute Gasteiger partial charge is 0.258 e. The highest BCUT2D eigenvalue weighted by Crippen LogP contribution is 2.24. The summed E-state index contributed by atoms with van der Waals surface area (Å²) in [6.45, 7) is 4.28. The number of anilines is 2. The van der Waals surface area contributed by atoms with Gasteiger partial charge in [0.1, 0.15) is 0 Å². The normalized spacial score (nSPS) is 11.8. The lowest BCUT2D eigenvalue weighted by molar-refractivity contribution is 0.0457. The van der Waals surface area contributed by atoms with Crippen LogP contribution in [0.3, 0.4) is 0 Å². The average Bonchev–Trinajstić information content (AvgIpc) is 2.46. The van der Waals surface area contributed by atoms with Gasteiger partial charge in [-0.2, -0.15) is 0 Å². The fourth-order valence-electron chi connectivity index (χ4n) is 2.04. The first-order chi connectivity index (χ1) is 9.49. The Morgan fingerprint density at radius 2 is 2.10 bits per heavy atom. The van der Waals surface area contributed by atoms with Crippen molar-refractivity contribution in [3.8, 4) is 0 Å². The van der Waals surface area contributed by atoms with Gasteiger partial charge in [-0.3, -0.25) is 4.79 Å². The number of aromatic nitrogens is 2. The van der Waals surface area contributed by atoms with E-state index in [1.54, 1.807) is 12.1 Å². The quantitative estimate of drug-likeness (QED) is 0.619. The highest BCUT2D eigenvalue weighted by Gasteiger charge is 2.22. The van der Waals surface area contributed by atoms with E-state index in [4.69, 9.17) is 5.73 Å². The number of rotatable bonds is 5. The van der Waals surface area contributed by atoms with Gasteiger partial charge in [0, 0.05) is 6.54 Å². The maximum Gasteiger partial charge on any atom is 0.258 e. The molecule has 0 atom stereocenters. The number of benzene rings is 1. The topological polar surface area (TPSA) is 104 Å². The molecule has 108 valence electrons. The van der Waals surface area contributed by atoms with Gasteiger partial charge < -0.3 is 21.1 Å². The number of hydrogen-bond donors (Lipinski definition) is 4. The second-order valence-electron chi connectivity index (χ2n) is 4.97. The molecule has 0 amide bonds. The maximum atomic E-state index is 11.6. The second-order valence-corrected chi connectivity index (χ2v) is 4.97. The van der Waals surface area contributed by atoms with Crippen molar-refractivity contribution in [3.05, 3.63) is 28.8 Å². The van der Waals surface area contributed by atoms with Gasteiger partial charge in [-0.1, -0.05) is 13.8 Å². The standard InChI is InChI=1S/C14H20N4O2/c1-3-14(20,4-2)7-16-12-6-11-9(5-10(12)15)13(19)18-8-17-11/h5-6,8,16,20H,3-4,7,15H2,1-2H3,(H,17,18,19). The van der Waals surface area contributed by atoms with Crippen molar-refractivity contribution in [2.45, 2.75) is 32.3 Å². The minimum absolute atomic E-state index is 0.216. The van der Waals surface area contributed by atoms with Gasteiger partial charge in [0.25, 0.3) is 5.56 Å². The Bertz CT molecular complexity index is 662. The van der Waals surface area contributed by atoms with Crippen LogP contribution in [-0.2, 0) is 0 Å². The van der Waals surface area contributed by atoms with Crippen LogP contribution in [0.2, 0.25) is 0 Å². The van der Waals surface area contributed by atoms with Crippen LogP contribution in [0.15, 0.2) is 23.3 Å². The molecule has 0 fully saturated rings. The van der Waals surface area contributed by atoms with Gasteiger partial charge in [0.15, 0.2) is 0 Å². The zero-order chi connectivity index (χ0) is 14.8. The zero-order valence-electron chi connectivity index (χ0n) is 11.7. The van der Waals surface area contributed by atoms with E-state index in [0.717, 1.165) is 0 Å². The van der Waals surface area contributed by atoms with Crippen molar-refractivity contribution in [1.82, 2.24) is 9.97 Å². The lowest BCUT2D eigenvalue weighted by atomic mass is 9.97. The van der Waals surface area contributed by atoms with E-state index < -0.39 is 5.60 Å². The third-order valence-electron chi connectivity index (χ3n) is 3.74. The Morgan fingerprint density at radius 3 is 2.75 bits per heavy atom. The Hall–Kier alpha value is -2.08. The molecule has 1 aromatic heterocycles. The SMILES string of the molecule is CCC(O)(CC)CNc1cc2nc[nH]c(=O)c2cc1N. The van der Waals surface area contributed by atoms with Crippen molar-refractivity contribution >= 4 is 22.3 Å². The molecule has 6 heteroatoms. The molecule has 2 rings (SSSR count). The summed E-state index contributed by atoms with van der Waals surface area (Å²) in [7, 11) is 0. The van der Waals surface area contributed by atoms with Gasteiger partial charge in [0.2, 0.25) is 0 Å². The molecule has 0 radical (unpaired) electrons. The fourth-order valence-corrected chi connectivity index (χ4v) is 2.04. The number of nitrogen functional groups attached to an aromatic ring is 1. The molecule has 20 heavy (non-hydrogen) atoms. The first-order valence-electron chi connectivity index (χ1n) is 6.72. The summed E-state index contributed by atoms with van der Waals surface area (Å²) in [5.74, 6) is 0. The molecular weight excluding hydrogens is 256 g/mol. The first-order valence-corrected chi connectivity index (χ1v) is 6.72. The van der Waals surface area contributed by atoms with Gasteiger partial charge in [-0.05, 0) is 25.0 Å². The van der Waals surface area contributed by atoms with Gasteiger partial charge in [-0.25, -0.2) is 4.98 Å². The van der Waals surface area contributed by atoms with Crippen LogP contribution >= 0.6 is 0 Å². The summed E-state index contributed by atoms with van der Waals surface area (Å²) in [6, 6.07) is 3.33. The maximum absolute atomic E-state index is 11.6. The Morgan fingerprint density at radius 1 is 1.40 bits per heavy atom. The van der Waals surface area contributed by atoms with Gasteiger partial charge in [0.05, 0.1) is 34.2 Å². The molecule has 2 aromatic rings. The largest absolute Gasteiger partial charge is 0.397 e. The minimum atomic E-state index is -0.761. The van der Waals surface area contributed by atoms with Crippen LogP contribution in [0.25, 0.3) is 10.9 Å². The van der Waals surface area contributed by atoms with E-state index >= 15 is 0 Å². The van der Waals surface area contributed by atoms with E-state index in [1.165, 1.54) is 6.33 Å². The van der Waals surface area contributed by atoms with Crippen LogP contribution in [0.1, 0.15) is 26.7 Å². The summed E-state index contributed by atoms with van der Waals surface area (Å²) in [5, 5.41) is 13.9. The third-order valence-corrected chi connectivity index (χ3v) is 3.74. The predicted molar refractivity (Wildman–Crippen MR) is 80.8 cm³/mol. The first kappa shape index (κ1) is 14.3. The van der Waals surface area contributed by atoms with Crippen molar-refractivity contribution in [2.75, 3.05) is 17.6 Å². The highest BCUT2D eigenvalue weighted by atomic mass is 16.3. The number of nitrogens with one attached hydrogen (secondary N) is 2. The van der Waals surface area contributed by atoms with Gasteiger partial charge in [-0.15, -0.1) is 0 Å². The molecule has 1 heterocycles. The summed E-state index contributed by atoms with van der Waals surface area (Å²) < 4.78 is 0. The molecule has 0 aliphatic heterocycles. The van der Waals surface area contributed by atoms with Gasteiger partial charge >= 0.3 is 0 Å². The molecule has 0 bridgehead atoms. The molecule has 0 aliphatic carbocycles. The number of nitrogens with zero attached hydrogens (tertiary/aromatic N) is 1. The number of fused-ring (bicyclic) bond motifs is 1. The van der Waals surface area contributed by atoms with Crippen LogP contribution in [0.4, 0.5) is 11.4 Å². The summed E-state index contributed by atoms with van der Waals surface area (Å²) in [6.07, 6.45) is 2.67. The highest BCUT2D eigenvalue weighted by molar-refractivity contribution is 5.88. The molecule has 0 saturated heterocycles. The number of aliphatic hydroxyl groups is 1. The Labute approximate surface area is 117 Å². The average molecular weight is 276 g/mol. The fraction of sp³-hybridized carbons (Fsp3) is 0.429. The van der Waals surface area contributed by atoms with Crippen LogP contribution < -0.4 is 16.6 Å². The molecule has 0 saturated carbocycles. The van der Waals surface area contributed by atoms with E-state index in [2.05, 4.69) is 15.3 Å². The Balaban J connectivity index is 2.32. The van der Waals surface area contributed by atoms with Crippen LogP contribution in [0, 0.1) is 0 Å². The van der Waals surface area contributed by atoms with Crippen LogP contribution in [0.5, 0.6) is 0 Å². The minimum Gasteiger partial charge on any atom is -0.397 e. The molecular formula is C14H20N4O2. The third kappa shape index (κ3) is 2.75. The number of hydrogen-bond acceptors (Lipinski definition) is 5. The molecule has 6 nitrogen and oxygen atoms in total. The van der Waals surface area contributed by atoms with E-state index in [1.807, 2.05) is 13.8 Å². The monoisotopic (exact) mass is 276 g/mol. The Kier molecular flexibility index (Phi) is 3.94. The van der Waals surface area contributed by atoms with E-state index in [-0.39, 0.29) is 5.56 Å². The number of nitrogens with two attached hydrogens (primary N) is 1. The lowest BCUT2D eigenvalue weighted by Crippen LogP contribution is -2.35. The van der Waals surface area contributed by atoms with E-state index in [9.17, 15) is 9.90 Å². The lowest BCUT2D eigenvalue weighted by Gasteiger charge is -2.26. The van der Waals surface area contributed by atoms with Crippen molar-refractivity contribution < 1.29 is 5.11 Å². The second kappa shape index (κ2) is 5.50. The van der Waals surface area contributed by atoms with E-state index in [0.29, 0.717) is 41.7 Å². The van der Waals surface area contributed by atoms with Crippen molar-refractivity contribution in [2.24, 2.45) is 0 Å². The molecule has 1 aromatic carbocycles. The van der Waals surface area contributed by atoms with Crippen LogP contribution in [-0.4, -0.2) is 27.2 Å². The van der Waals surface area contributed by atoms with Crippen molar-refractivity contribution in [1.29, 1.82) is 0 Å². The zero-order valence-corrected chi connectivity index (χ0v) is 11.7. The van der Waals surface area contributed by atoms with Crippen molar-refractivity contribution in [3.63, 3.8) is 0 Å². The summed E-state index contributed by atoms with van der Waals surface area (Å²) in [4.78, 5) is 18.3. The molecule has 0 unspecified atom stereocenters. The number of aromatic amines is 1. The summed E-state index contributed by atoms with van der Waals surface area (Å²) in [5.41, 5.74) is 6.68. The molecule has 0 aliphatic rings.